The van der Waals surface area contributed by atoms with Crippen molar-refractivity contribution in [2.45, 2.75) is 54.3 Å². The van der Waals surface area contributed by atoms with Crippen molar-refractivity contribution in [1.29, 1.82) is 0 Å². The fourth-order valence-corrected chi connectivity index (χ4v) is 6.69. The Labute approximate surface area is 214 Å². The molecule has 8 nitrogen and oxygen atoms in total. The Kier molecular flexibility index (Phi) is 6.27. The van der Waals surface area contributed by atoms with Crippen LogP contribution in [0.3, 0.4) is 0 Å². The lowest BCUT2D eigenvalue weighted by molar-refractivity contribution is 0.186. The van der Waals surface area contributed by atoms with Gasteiger partial charge in [-0.3, -0.25) is 4.98 Å². The maximum absolute atomic E-state index is 13.3. The number of hydrogen-bond donors (Lipinski definition) is 2. The first-order valence-corrected chi connectivity index (χ1v) is 13.3. The van der Waals surface area contributed by atoms with Gasteiger partial charge in [0.2, 0.25) is 0 Å². The molecule has 36 heavy (non-hydrogen) atoms. The summed E-state index contributed by atoms with van der Waals surface area (Å²) in [6.07, 6.45) is 8.97. The second-order valence-corrected chi connectivity index (χ2v) is 11.0. The van der Waals surface area contributed by atoms with Crippen LogP contribution in [0.4, 0.5) is 16.0 Å². The monoisotopic (exact) mass is 507 g/mol. The van der Waals surface area contributed by atoms with Crippen molar-refractivity contribution >= 4 is 23.4 Å². The molecule has 188 valence electrons. The Hall–Kier alpha value is -2.82. The molecule has 2 aliphatic heterocycles. The van der Waals surface area contributed by atoms with Gasteiger partial charge in [0, 0.05) is 43.8 Å². The highest BCUT2D eigenvalue weighted by molar-refractivity contribution is 7.99. The summed E-state index contributed by atoms with van der Waals surface area (Å²) in [5, 5.41) is 10.8. The Balaban J connectivity index is 1.18. The van der Waals surface area contributed by atoms with Crippen molar-refractivity contribution in [2.24, 2.45) is 11.1 Å². The zero-order valence-corrected chi connectivity index (χ0v) is 20.9. The highest BCUT2D eigenvalue weighted by Crippen LogP contribution is 2.50. The van der Waals surface area contributed by atoms with Crippen molar-refractivity contribution in [3.8, 4) is 0 Å². The third-order valence-electron chi connectivity index (χ3n) is 8.01. The van der Waals surface area contributed by atoms with Crippen LogP contribution < -0.4 is 15.5 Å². The van der Waals surface area contributed by atoms with Gasteiger partial charge in [-0.1, -0.05) is 17.8 Å². The van der Waals surface area contributed by atoms with Crippen LogP contribution in [0, 0.1) is 5.41 Å². The lowest BCUT2D eigenvalue weighted by atomic mass is 9.73. The van der Waals surface area contributed by atoms with Crippen LogP contribution >= 0.6 is 11.8 Å². The van der Waals surface area contributed by atoms with E-state index in [9.17, 15) is 9.50 Å². The van der Waals surface area contributed by atoms with E-state index in [1.807, 2.05) is 29.3 Å². The average molecular weight is 508 g/mol. The van der Waals surface area contributed by atoms with Gasteiger partial charge in [0.1, 0.15) is 23.2 Å². The summed E-state index contributed by atoms with van der Waals surface area (Å²) in [6, 6.07) is 7.80. The Bertz CT molecular complexity index is 1250. The van der Waals surface area contributed by atoms with Crippen molar-refractivity contribution in [1.82, 2.24) is 19.9 Å². The van der Waals surface area contributed by atoms with Crippen molar-refractivity contribution in [3.63, 3.8) is 0 Å². The minimum Gasteiger partial charge on any atom is -0.390 e. The predicted molar refractivity (Wildman–Crippen MR) is 137 cm³/mol. The van der Waals surface area contributed by atoms with Crippen LogP contribution in [0.1, 0.15) is 42.3 Å². The number of anilines is 2. The molecule has 0 saturated carbocycles. The van der Waals surface area contributed by atoms with E-state index in [2.05, 4.69) is 20.9 Å². The molecule has 3 aromatic heterocycles. The molecule has 2 atom stereocenters. The molecule has 3 N–H and O–H groups in total. The van der Waals surface area contributed by atoms with Gasteiger partial charge in [0.15, 0.2) is 5.82 Å². The SMILES string of the molecule is NC1c2cccnc2CC12CCN(c1ncc(Sc3cccnc3N3CCC3CF)nc1CO)CC2. The van der Waals surface area contributed by atoms with Crippen LogP contribution in [0.15, 0.2) is 52.8 Å². The summed E-state index contributed by atoms with van der Waals surface area (Å²) in [4.78, 5) is 23.7. The van der Waals surface area contributed by atoms with Crippen LogP contribution in [-0.2, 0) is 13.0 Å². The molecular weight excluding hydrogens is 477 g/mol. The quantitative estimate of drug-likeness (QED) is 0.520. The number of nitrogens with zero attached hydrogens (tertiary/aromatic N) is 6. The summed E-state index contributed by atoms with van der Waals surface area (Å²) < 4.78 is 13.3. The van der Waals surface area contributed by atoms with Gasteiger partial charge in [0.25, 0.3) is 0 Å². The molecule has 2 unspecified atom stereocenters. The van der Waals surface area contributed by atoms with E-state index in [1.165, 1.54) is 17.3 Å². The van der Waals surface area contributed by atoms with E-state index in [4.69, 9.17) is 15.7 Å². The average Bonchev–Trinajstić information content (AvgIpc) is 3.16. The Morgan fingerprint density at radius 1 is 1.08 bits per heavy atom. The maximum atomic E-state index is 13.3. The normalized spacial score (nSPS) is 22.5. The van der Waals surface area contributed by atoms with Gasteiger partial charge in [-0.15, -0.1) is 0 Å². The zero-order valence-electron chi connectivity index (χ0n) is 20.1. The number of halogens is 1. The molecule has 3 aromatic rings. The van der Waals surface area contributed by atoms with Crippen molar-refractivity contribution in [2.75, 3.05) is 36.1 Å². The second-order valence-electron chi connectivity index (χ2n) is 9.90. The zero-order chi connectivity index (χ0) is 24.7. The first-order chi connectivity index (χ1) is 17.6. The van der Waals surface area contributed by atoms with Gasteiger partial charge in [-0.2, -0.15) is 0 Å². The van der Waals surface area contributed by atoms with Crippen LogP contribution in [0.2, 0.25) is 0 Å². The van der Waals surface area contributed by atoms with Crippen LogP contribution in [-0.4, -0.2) is 57.4 Å². The van der Waals surface area contributed by atoms with Gasteiger partial charge >= 0.3 is 0 Å². The summed E-state index contributed by atoms with van der Waals surface area (Å²) in [5.74, 6) is 1.50. The van der Waals surface area contributed by atoms with E-state index in [-0.39, 0.29) is 30.8 Å². The Morgan fingerprint density at radius 2 is 1.89 bits per heavy atom. The molecule has 0 aromatic carbocycles. The number of piperidine rings is 1. The van der Waals surface area contributed by atoms with E-state index < -0.39 is 0 Å². The van der Waals surface area contributed by atoms with Crippen molar-refractivity contribution in [3.05, 3.63) is 59.8 Å². The molecule has 1 spiro atoms. The van der Waals surface area contributed by atoms with E-state index in [0.29, 0.717) is 10.7 Å². The number of alkyl halides is 1. The topological polar surface area (TPSA) is 104 Å². The lowest BCUT2D eigenvalue weighted by Gasteiger charge is -2.42. The van der Waals surface area contributed by atoms with E-state index >= 15 is 0 Å². The van der Waals surface area contributed by atoms with E-state index in [0.717, 1.165) is 67.5 Å². The number of aliphatic hydroxyl groups is 1. The third kappa shape index (κ3) is 4.01. The summed E-state index contributed by atoms with van der Waals surface area (Å²) in [6.45, 7) is 1.84. The molecule has 2 saturated heterocycles. The number of hydrogen-bond acceptors (Lipinski definition) is 9. The highest BCUT2D eigenvalue weighted by atomic mass is 32.2. The predicted octanol–water partition coefficient (Wildman–Crippen LogP) is 3.30. The number of rotatable bonds is 6. The number of fused-ring (bicyclic) bond motifs is 1. The molecule has 0 radical (unpaired) electrons. The number of nitrogens with two attached hydrogens (primary N) is 1. The first kappa shape index (κ1) is 23.6. The summed E-state index contributed by atoms with van der Waals surface area (Å²) in [5.41, 5.74) is 9.59. The van der Waals surface area contributed by atoms with Crippen LogP contribution in [0.5, 0.6) is 0 Å². The first-order valence-electron chi connectivity index (χ1n) is 12.5. The standard InChI is InChI=1S/C26H30FN7OS/c27-14-17-5-10-34(17)25-21(4-2-9-30-25)36-22-15-31-24(20(16-35)32-22)33-11-6-26(7-12-33)13-19-18(23(26)28)3-1-8-29-19/h1-4,8-9,15,17,23,35H,5-7,10-14,16,28H2. The minimum atomic E-state index is -0.380. The van der Waals surface area contributed by atoms with Crippen LogP contribution in [0.25, 0.3) is 0 Å². The molecular formula is C26H30FN7OS. The Morgan fingerprint density at radius 3 is 2.61 bits per heavy atom. The largest absolute Gasteiger partial charge is 0.390 e. The smallest absolute Gasteiger partial charge is 0.152 e. The van der Waals surface area contributed by atoms with Gasteiger partial charge in [0.05, 0.1) is 23.7 Å². The van der Waals surface area contributed by atoms with Gasteiger partial charge < -0.3 is 20.6 Å². The third-order valence-corrected chi connectivity index (χ3v) is 8.95. The molecule has 6 rings (SSSR count). The van der Waals surface area contributed by atoms with E-state index in [1.54, 1.807) is 12.4 Å². The number of pyridine rings is 2. The maximum Gasteiger partial charge on any atom is 0.152 e. The fraction of sp³-hybridized carbons (Fsp3) is 0.462. The number of aliphatic hydroxyl groups excluding tert-OH is 1. The van der Waals surface area contributed by atoms with Gasteiger partial charge in [-0.05, 0) is 54.9 Å². The molecule has 0 bridgehead atoms. The molecule has 0 amide bonds. The van der Waals surface area contributed by atoms with Crippen molar-refractivity contribution < 1.29 is 9.50 Å². The molecule has 5 heterocycles. The van der Waals surface area contributed by atoms with Gasteiger partial charge in [-0.25, -0.2) is 19.3 Å². The highest BCUT2D eigenvalue weighted by Gasteiger charge is 2.46. The minimum absolute atomic E-state index is 0.00241. The summed E-state index contributed by atoms with van der Waals surface area (Å²) in [7, 11) is 0. The summed E-state index contributed by atoms with van der Waals surface area (Å²) >= 11 is 1.44. The number of aromatic nitrogens is 4. The lowest BCUT2D eigenvalue weighted by Crippen LogP contribution is -2.49. The molecule has 1 aliphatic carbocycles. The molecule has 3 aliphatic rings. The molecule has 2 fully saturated rings. The fourth-order valence-electron chi connectivity index (χ4n) is 5.80. The molecule has 10 heteroatoms. The second kappa shape index (κ2) is 9.57.